The van der Waals surface area contributed by atoms with Crippen molar-refractivity contribution >= 4 is 40.4 Å². The largest absolute Gasteiger partial charge is 0.347 e. The van der Waals surface area contributed by atoms with E-state index in [0.717, 1.165) is 30.6 Å². The van der Waals surface area contributed by atoms with E-state index in [1.165, 1.54) is 0 Å². The highest BCUT2D eigenvalue weighted by molar-refractivity contribution is 7.09. The van der Waals surface area contributed by atoms with Crippen LogP contribution in [-0.2, 0) is 11.3 Å². The van der Waals surface area contributed by atoms with E-state index >= 15 is 0 Å². The molecule has 140 valence electrons. The molecule has 26 heavy (non-hydrogen) atoms. The number of unbranched alkanes of at least 4 members (excludes halogenated alkanes) is 3. The van der Waals surface area contributed by atoms with E-state index in [4.69, 9.17) is 17.3 Å². The van der Waals surface area contributed by atoms with E-state index in [1.807, 2.05) is 17.5 Å². The number of hydrogen-bond donors (Lipinski definition) is 3. The van der Waals surface area contributed by atoms with Crippen LogP contribution in [-0.4, -0.2) is 18.4 Å². The van der Waals surface area contributed by atoms with Crippen LogP contribution in [0, 0.1) is 0 Å². The second-order valence-corrected chi connectivity index (χ2v) is 7.40. The number of nitrogens with two attached hydrogens (primary N) is 1. The van der Waals surface area contributed by atoms with Crippen molar-refractivity contribution < 1.29 is 9.59 Å². The van der Waals surface area contributed by atoms with E-state index in [2.05, 4.69) is 10.6 Å². The van der Waals surface area contributed by atoms with Gasteiger partial charge in [-0.1, -0.05) is 30.5 Å². The first kappa shape index (κ1) is 20.4. The van der Waals surface area contributed by atoms with Crippen molar-refractivity contribution in [3.63, 3.8) is 0 Å². The molecule has 0 aliphatic carbocycles. The molecule has 0 fully saturated rings. The first-order valence-electron chi connectivity index (χ1n) is 8.70. The Morgan fingerprint density at radius 2 is 1.92 bits per heavy atom. The zero-order valence-electron chi connectivity index (χ0n) is 14.6. The van der Waals surface area contributed by atoms with Gasteiger partial charge in [-0.15, -0.1) is 11.3 Å². The van der Waals surface area contributed by atoms with Gasteiger partial charge < -0.3 is 16.4 Å². The van der Waals surface area contributed by atoms with Gasteiger partial charge in [0.2, 0.25) is 5.91 Å². The molecule has 0 bridgehead atoms. The van der Waals surface area contributed by atoms with Gasteiger partial charge in [-0.2, -0.15) is 0 Å². The van der Waals surface area contributed by atoms with Gasteiger partial charge in [-0.25, -0.2) is 0 Å². The zero-order chi connectivity index (χ0) is 18.8. The van der Waals surface area contributed by atoms with Gasteiger partial charge in [0.1, 0.15) is 0 Å². The van der Waals surface area contributed by atoms with Gasteiger partial charge in [-0.3, -0.25) is 9.59 Å². The van der Waals surface area contributed by atoms with Crippen molar-refractivity contribution in [3.05, 3.63) is 51.2 Å². The lowest BCUT2D eigenvalue weighted by molar-refractivity contribution is -0.116. The van der Waals surface area contributed by atoms with E-state index in [9.17, 15) is 9.59 Å². The highest BCUT2D eigenvalue weighted by Gasteiger charge is 2.12. The van der Waals surface area contributed by atoms with Crippen molar-refractivity contribution in [1.82, 2.24) is 5.32 Å². The highest BCUT2D eigenvalue weighted by Crippen LogP contribution is 2.21. The van der Waals surface area contributed by atoms with Gasteiger partial charge in [0.05, 0.1) is 17.1 Å². The Morgan fingerprint density at radius 1 is 1.12 bits per heavy atom. The lowest BCUT2D eigenvalue weighted by atomic mass is 10.1. The van der Waals surface area contributed by atoms with Crippen LogP contribution in [0.15, 0.2) is 35.7 Å². The first-order valence-corrected chi connectivity index (χ1v) is 9.96. The molecule has 2 amide bonds. The molecule has 2 rings (SSSR count). The first-order chi connectivity index (χ1) is 12.6. The summed E-state index contributed by atoms with van der Waals surface area (Å²) >= 11 is 7.72. The average molecular weight is 394 g/mol. The maximum atomic E-state index is 12.4. The summed E-state index contributed by atoms with van der Waals surface area (Å²) in [5.41, 5.74) is 6.37. The quantitative estimate of drug-likeness (QED) is 0.529. The summed E-state index contributed by atoms with van der Waals surface area (Å²) < 4.78 is 0. The predicted molar refractivity (Wildman–Crippen MR) is 108 cm³/mol. The number of halogens is 1. The molecule has 0 saturated carbocycles. The Hall–Kier alpha value is -1.89. The lowest BCUT2D eigenvalue weighted by Crippen LogP contribution is -2.23. The van der Waals surface area contributed by atoms with Gasteiger partial charge >= 0.3 is 0 Å². The molecule has 0 atom stereocenters. The maximum Gasteiger partial charge on any atom is 0.253 e. The molecule has 0 aliphatic rings. The van der Waals surface area contributed by atoms with Crippen molar-refractivity contribution in [3.8, 4) is 0 Å². The molecule has 4 N–H and O–H groups in total. The molecule has 5 nitrogen and oxygen atoms in total. The molecule has 0 aliphatic heterocycles. The summed E-state index contributed by atoms with van der Waals surface area (Å²) in [7, 11) is 0. The number of nitrogens with one attached hydrogen (secondary N) is 2. The highest BCUT2D eigenvalue weighted by atomic mass is 35.5. The van der Waals surface area contributed by atoms with Crippen LogP contribution in [0.4, 0.5) is 5.69 Å². The zero-order valence-corrected chi connectivity index (χ0v) is 16.2. The molecule has 0 unspecified atom stereocenters. The van der Waals surface area contributed by atoms with Crippen molar-refractivity contribution in [2.24, 2.45) is 5.73 Å². The number of hydrogen-bond acceptors (Lipinski definition) is 4. The summed E-state index contributed by atoms with van der Waals surface area (Å²) in [6.45, 7) is 1.14. The number of carbonyl (C=O) groups excluding carboxylic acids is 2. The molecular weight excluding hydrogens is 370 g/mol. The summed E-state index contributed by atoms with van der Waals surface area (Å²) in [6, 6.07) is 8.82. The van der Waals surface area contributed by atoms with Crippen LogP contribution in [0.5, 0.6) is 0 Å². The minimum Gasteiger partial charge on any atom is -0.347 e. The van der Waals surface area contributed by atoms with E-state index in [1.54, 1.807) is 29.5 Å². The fourth-order valence-corrected chi connectivity index (χ4v) is 3.31. The smallest absolute Gasteiger partial charge is 0.253 e. The number of carbonyl (C=O) groups is 2. The van der Waals surface area contributed by atoms with Crippen LogP contribution in [0.2, 0.25) is 5.02 Å². The van der Waals surface area contributed by atoms with Crippen LogP contribution >= 0.6 is 22.9 Å². The molecule has 0 spiro atoms. The monoisotopic (exact) mass is 393 g/mol. The van der Waals surface area contributed by atoms with E-state index in [0.29, 0.717) is 35.8 Å². The third-order valence-electron chi connectivity index (χ3n) is 3.86. The van der Waals surface area contributed by atoms with Crippen molar-refractivity contribution in [2.45, 2.75) is 38.6 Å². The van der Waals surface area contributed by atoms with Gasteiger partial charge in [0.25, 0.3) is 5.91 Å². The number of rotatable bonds is 10. The second kappa shape index (κ2) is 11.0. The van der Waals surface area contributed by atoms with Crippen molar-refractivity contribution in [2.75, 3.05) is 11.9 Å². The third kappa shape index (κ3) is 6.78. The SMILES string of the molecule is NCCCCCCC(=O)Nc1ccc(Cl)c(C(=O)NCc2cccs2)c1. The van der Waals surface area contributed by atoms with Crippen LogP contribution < -0.4 is 16.4 Å². The Balaban J connectivity index is 1.87. The molecule has 0 radical (unpaired) electrons. The Labute approximate surface area is 162 Å². The Morgan fingerprint density at radius 3 is 2.65 bits per heavy atom. The topological polar surface area (TPSA) is 84.2 Å². The molecule has 2 aromatic rings. The number of thiophene rings is 1. The van der Waals surface area contributed by atoms with Gasteiger partial charge in [0, 0.05) is 17.0 Å². The van der Waals surface area contributed by atoms with Crippen LogP contribution in [0.25, 0.3) is 0 Å². The Bertz CT molecular complexity index is 720. The van der Waals surface area contributed by atoms with E-state index < -0.39 is 0 Å². The summed E-state index contributed by atoms with van der Waals surface area (Å²) in [6.07, 6.45) is 4.30. The van der Waals surface area contributed by atoms with Gasteiger partial charge in [0.15, 0.2) is 0 Å². The summed E-state index contributed by atoms with van der Waals surface area (Å²) in [5.74, 6) is -0.328. The van der Waals surface area contributed by atoms with E-state index in [-0.39, 0.29) is 11.8 Å². The minimum atomic E-state index is -0.263. The number of anilines is 1. The third-order valence-corrected chi connectivity index (χ3v) is 5.06. The van der Waals surface area contributed by atoms with Crippen LogP contribution in [0.3, 0.4) is 0 Å². The Kier molecular flexibility index (Phi) is 8.61. The number of amides is 2. The molecule has 1 aromatic heterocycles. The molecular formula is C19H24ClN3O2S. The lowest BCUT2D eigenvalue weighted by Gasteiger charge is -2.10. The average Bonchev–Trinajstić information content (AvgIpc) is 3.14. The number of benzene rings is 1. The fraction of sp³-hybridized carbons (Fsp3) is 0.368. The fourth-order valence-electron chi connectivity index (χ4n) is 2.46. The molecule has 0 saturated heterocycles. The normalized spacial score (nSPS) is 10.5. The molecule has 1 heterocycles. The summed E-state index contributed by atoms with van der Waals surface area (Å²) in [5, 5.41) is 7.98. The molecule has 1 aromatic carbocycles. The predicted octanol–water partition coefficient (Wildman–Crippen LogP) is 4.18. The van der Waals surface area contributed by atoms with Crippen molar-refractivity contribution in [1.29, 1.82) is 0 Å². The van der Waals surface area contributed by atoms with Crippen LogP contribution in [0.1, 0.15) is 47.3 Å². The minimum absolute atomic E-state index is 0.0648. The standard InChI is InChI=1S/C19H24ClN3O2S/c20-17-9-8-14(23-18(24)7-3-1-2-4-10-21)12-16(17)19(25)22-13-15-6-5-11-26-15/h5-6,8-9,11-12H,1-4,7,10,13,21H2,(H,22,25)(H,23,24). The summed E-state index contributed by atoms with van der Waals surface area (Å²) in [4.78, 5) is 25.4. The second-order valence-electron chi connectivity index (χ2n) is 5.96. The molecule has 7 heteroatoms. The maximum absolute atomic E-state index is 12.4. The van der Waals surface area contributed by atoms with Gasteiger partial charge in [-0.05, 0) is 49.0 Å².